The minimum atomic E-state index is 0.377. The van der Waals surface area contributed by atoms with Gasteiger partial charge in [0.1, 0.15) is 5.75 Å². The number of hydrogen-bond acceptors (Lipinski definition) is 5. The van der Waals surface area contributed by atoms with E-state index < -0.39 is 0 Å². The van der Waals surface area contributed by atoms with Gasteiger partial charge in [-0.2, -0.15) is 0 Å². The number of furan rings is 1. The molecule has 1 fully saturated rings. The summed E-state index contributed by atoms with van der Waals surface area (Å²) in [5, 5.41) is 0. The number of piperazine rings is 1. The molecule has 0 radical (unpaired) electrons. The quantitative estimate of drug-likeness (QED) is 0.808. The Morgan fingerprint density at radius 3 is 2.24 bits per heavy atom. The van der Waals surface area contributed by atoms with Crippen LogP contribution in [0.2, 0.25) is 0 Å². The van der Waals surface area contributed by atoms with Gasteiger partial charge in [-0.25, -0.2) is 0 Å². The van der Waals surface area contributed by atoms with Crippen molar-refractivity contribution in [1.82, 2.24) is 0 Å². The van der Waals surface area contributed by atoms with Crippen LogP contribution in [0.3, 0.4) is 0 Å². The highest BCUT2D eigenvalue weighted by Gasteiger charge is 2.19. The lowest BCUT2D eigenvalue weighted by molar-refractivity contribution is 0.110. The summed E-state index contributed by atoms with van der Waals surface area (Å²) in [4.78, 5) is 15.2. The molecule has 0 bridgehead atoms. The standard InChI is InChI=1S/C16H18N2O3/c1-20-14-4-2-13(3-5-14)17-8-10-18(11-9-17)16-7-6-15(12-19)21-16/h2-7,12H,8-11H2,1H3. The average Bonchev–Trinajstić information content (AvgIpc) is 3.04. The summed E-state index contributed by atoms with van der Waals surface area (Å²) >= 11 is 0. The zero-order valence-electron chi connectivity index (χ0n) is 12.0. The maximum Gasteiger partial charge on any atom is 0.196 e. The van der Waals surface area contributed by atoms with E-state index in [4.69, 9.17) is 9.15 Å². The van der Waals surface area contributed by atoms with E-state index in [0.717, 1.165) is 44.1 Å². The van der Waals surface area contributed by atoms with Crippen LogP contribution in [0.1, 0.15) is 10.6 Å². The number of anilines is 2. The van der Waals surface area contributed by atoms with E-state index in [1.165, 1.54) is 5.69 Å². The summed E-state index contributed by atoms with van der Waals surface area (Å²) in [6.07, 6.45) is 0.733. The number of hydrogen-bond donors (Lipinski definition) is 0. The van der Waals surface area contributed by atoms with Crippen LogP contribution in [0.25, 0.3) is 0 Å². The molecule has 110 valence electrons. The monoisotopic (exact) mass is 286 g/mol. The summed E-state index contributed by atoms with van der Waals surface area (Å²) in [7, 11) is 1.67. The topological polar surface area (TPSA) is 45.9 Å². The molecule has 5 nitrogen and oxygen atoms in total. The third kappa shape index (κ3) is 2.86. The van der Waals surface area contributed by atoms with Crippen molar-refractivity contribution >= 4 is 17.9 Å². The van der Waals surface area contributed by atoms with Crippen molar-refractivity contribution in [2.45, 2.75) is 0 Å². The van der Waals surface area contributed by atoms with E-state index >= 15 is 0 Å². The highest BCUT2D eigenvalue weighted by atomic mass is 16.5. The Morgan fingerprint density at radius 1 is 1.00 bits per heavy atom. The molecule has 1 saturated heterocycles. The lowest BCUT2D eigenvalue weighted by Gasteiger charge is -2.36. The number of aldehydes is 1. The number of ether oxygens (including phenoxy) is 1. The third-order valence-corrected chi connectivity index (χ3v) is 3.76. The molecule has 1 aromatic heterocycles. The van der Waals surface area contributed by atoms with E-state index in [2.05, 4.69) is 21.9 Å². The lowest BCUT2D eigenvalue weighted by atomic mass is 10.2. The zero-order chi connectivity index (χ0) is 14.7. The predicted octanol–water partition coefficient (Wildman–Crippen LogP) is 2.43. The molecule has 0 N–H and O–H groups in total. The maximum atomic E-state index is 10.7. The Labute approximate surface area is 123 Å². The Bertz CT molecular complexity index is 598. The number of benzene rings is 1. The van der Waals surface area contributed by atoms with Crippen molar-refractivity contribution in [3.8, 4) is 5.75 Å². The maximum absolute atomic E-state index is 10.7. The second-order valence-corrected chi connectivity index (χ2v) is 4.97. The third-order valence-electron chi connectivity index (χ3n) is 3.76. The predicted molar refractivity (Wildman–Crippen MR) is 81.5 cm³/mol. The summed E-state index contributed by atoms with van der Waals surface area (Å²) in [5.41, 5.74) is 1.20. The van der Waals surface area contributed by atoms with E-state index in [1.54, 1.807) is 13.2 Å². The Kier molecular flexibility index (Phi) is 3.81. The van der Waals surface area contributed by atoms with Gasteiger partial charge in [-0.1, -0.05) is 0 Å². The van der Waals surface area contributed by atoms with Crippen LogP contribution in [-0.4, -0.2) is 39.6 Å². The van der Waals surface area contributed by atoms with Gasteiger partial charge in [0, 0.05) is 37.9 Å². The SMILES string of the molecule is COc1ccc(N2CCN(c3ccc(C=O)o3)CC2)cc1. The fraction of sp³-hybridized carbons (Fsp3) is 0.312. The second-order valence-electron chi connectivity index (χ2n) is 4.97. The van der Waals surface area contributed by atoms with Gasteiger partial charge in [-0.15, -0.1) is 0 Å². The highest BCUT2D eigenvalue weighted by Crippen LogP contribution is 2.23. The molecule has 2 aromatic rings. The molecule has 0 saturated carbocycles. The number of methoxy groups -OCH3 is 1. The molecule has 0 amide bonds. The summed E-state index contributed by atoms with van der Waals surface area (Å²) in [5.74, 6) is 2.02. The molecule has 0 atom stereocenters. The number of rotatable bonds is 4. The van der Waals surface area contributed by atoms with Gasteiger partial charge in [0.2, 0.25) is 0 Å². The Balaban J connectivity index is 1.62. The minimum absolute atomic E-state index is 0.377. The summed E-state index contributed by atoms with van der Waals surface area (Å²) in [6.45, 7) is 3.59. The first-order valence-electron chi connectivity index (χ1n) is 6.99. The Morgan fingerprint density at radius 2 is 1.67 bits per heavy atom. The average molecular weight is 286 g/mol. The normalized spacial score (nSPS) is 15.1. The van der Waals surface area contributed by atoms with Crippen molar-refractivity contribution in [1.29, 1.82) is 0 Å². The molecule has 1 aromatic carbocycles. The van der Waals surface area contributed by atoms with Gasteiger partial charge >= 0.3 is 0 Å². The van der Waals surface area contributed by atoms with Gasteiger partial charge in [0.05, 0.1) is 7.11 Å². The van der Waals surface area contributed by atoms with Gasteiger partial charge < -0.3 is 19.0 Å². The number of nitrogens with zero attached hydrogens (tertiary/aromatic N) is 2. The smallest absolute Gasteiger partial charge is 0.196 e. The van der Waals surface area contributed by atoms with Crippen LogP contribution >= 0.6 is 0 Å². The van der Waals surface area contributed by atoms with Crippen LogP contribution in [0.15, 0.2) is 40.8 Å². The molecular formula is C16H18N2O3. The van der Waals surface area contributed by atoms with Gasteiger partial charge in [-0.3, -0.25) is 4.79 Å². The largest absolute Gasteiger partial charge is 0.497 e. The van der Waals surface area contributed by atoms with Crippen LogP contribution in [0.5, 0.6) is 5.75 Å². The van der Waals surface area contributed by atoms with E-state index in [0.29, 0.717) is 5.76 Å². The summed E-state index contributed by atoms with van der Waals surface area (Å²) < 4.78 is 10.6. The first-order valence-corrected chi connectivity index (χ1v) is 6.99. The van der Waals surface area contributed by atoms with Crippen LogP contribution < -0.4 is 14.5 Å². The van der Waals surface area contributed by atoms with Crippen LogP contribution in [0, 0.1) is 0 Å². The molecule has 0 aliphatic carbocycles. The number of carbonyl (C=O) groups is 1. The van der Waals surface area contributed by atoms with Gasteiger partial charge in [-0.05, 0) is 30.3 Å². The summed E-state index contributed by atoms with van der Waals surface area (Å²) in [6, 6.07) is 11.7. The lowest BCUT2D eigenvalue weighted by Crippen LogP contribution is -2.46. The van der Waals surface area contributed by atoms with Crippen LogP contribution in [-0.2, 0) is 0 Å². The molecule has 3 rings (SSSR count). The van der Waals surface area contributed by atoms with E-state index in [-0.39, 0.29) is 0 Å². The first-order chi connectivity index (χ1) is 10.3. The van der Waals surface area contributed by atoms with Crippen molar-refractivity contribution in [3.63, 3.8) is 0 Å². The molecule has 2 heterocycles. The first kappa shape index (κ1) is 13.5. The van der Waals surface area contributed by atoms with E-state index in [9.17, 15) is 4.79 Å². The van der Waals surface area contributed by atoms with Crippen molar-refractivity contribution in [2.24, 2.45) is 0 Å². The molecule has 1 aliphatic heterocycles. The second kappa shape index (κ2) is 5.91. The molecular weight excluding hydrogens is 268 g/mol. The fourth-order valence-electron chi connectivity index (χ4n) is 2.55. The molecule has 1 aliphatic rings. The van der Waals surface area contributed by atoms with Crippen molar-refractivity contribution < 1.29 is 13.9 Å². The zero-order valence-corrected chi connectivity index (χ0v) is 12.0. The van der Waals surface area contributed by atoms with Crippen molar-refractivity contribution in [2.75, 3.05) is 43.1 Å². The molecule has 0 unspecified atom stereocenters. The van der Waals surface area contributed by atoms with Gasteiger partial charge in [0.15, 0.2) is 17.9 Å². The number of carbonyl (C=O) groups excluding carboxylic acids is 1. The molecule has 21 heavy (non-hydrogen) atoms. The highest BCUT2D eigenvalue weighted by molar-refractivity contribution is 5.71. The molecule has 0 spiro atoms. The van der Waals surface area contributed by atoms with Gasteiger partial charge in [0.25, 0.3) is 0 Å². The Hall–Kier alpha value is -2.43. The van der Waals surface area contributed by atoms with Crippen molar-refractivity contribution in [3.05, 3.63) is 42.2 Å². The molecule has 5 heteroatoms. The minimum Gasteiger partial charge on any atom is -0.497 e. The van der Waals surface area contributed by atoms with Crippen LogP contribution in [0.4, 0.5) is 11.6 Å². The fourth-order valence-corrected chi connectivity index (χ4v) is 2.55. The van der Waals surface area contributed by atoms with E-state index in [1.807, 2.05) is 18.2 Å².